The quantitative estimate of drug-likeness (QED) is 0.424. The van der Waals surface area contributed by atoms with Gasteiger partial charge >= 0.3 is 0 Å². The van der Waals surface area contributed by atoms with E-state index in [4.69, 9.17) is 21.7 Å². The molecular weight excluding hydrogens is 414 g/mol. The van der Waals surface area contributed by atoms with Gasteiger partial charge in [0.2, 0.25) is 0 Å². The van der Waals surface area contributed by atoms with E-state index in [1.165, 1.54) is 0 Å². The van der Waals surface area contributed by atoms with Crippen LogP contribution >= 0.6 is 12.2 Å². The number of hydrogen-bond donors (Lipinski definition) is 3. The smallest absolute Gasteiger partial charge is 0.269 e. The molecule has 2 rings (SSSR count). The first kappa shape index (κ1) is 24.1. The number of hydrazine groups is 1. The van der Waals surface area contributed by atoms with E-state index in [0.29, 0.717) is 35.2 Å². The second-order valence-corrected chi connectivity index (χ2v) is 8.02. The van der Waals surface area contributed by atoms with E-state index in [0.717, 1.165) is 6.42 Å². The Morgan fingerprint density at radius 1 is 0.839 bits per heavy atom. The fraction of sp³-hybridized carbons (Fsp3) is 0.348. The van der Waals surface area contributed by atoms with Crippen molar-refractivity contribution in [1.29, 1.82) is 0 Å². The summed E-state index contributed by atoms with van der Waals surface area (Å²) in [6.07, 6.45) is 1.01. The first-order valence-electron chi connectivity index (χ1n) is 10.2. The van der Waals surface area contributed by atoms with E-state index in [1.54, 1.807) is 48.5 Å². The molecule has 0 atom stereocenters. The SMILES string of the molecule is CC(C)CCOc1ccc(C(=O)NNC(=S)NC(=O)c2ccc(OC(C)C)cc2)cc1. The number of hydrogen-bond acceptors (Lipinski definition) is 5. The minimum Gasteiger partial charge on any atom is -0.494 e. The zero-order chi connectivity index (χ0) is 22.8. The number of rotatable bonds is 8. The Hall–Kier alpha value is -3.13. The molecule has 0 aliphatic rings. The lowest BCUT2D eigenvalue weighted by atomic mass is 10.1. The van der Waals surface area contributed by atoms with Crippen LogP contribution < -0.4 is 25.6 Å². The molecule has 2 aromatic rings. The number of thiocarbonyl (C=S) groups is 1. The van der Waals surface area contributed by atoms with Gasteiger partial charge in [-0.15, -0.1) is 0 Å². The van der Waals surface area contributed by atoms with Gasteiger partial charge in [0.15, 0.2) is 5.11 Å². The fourth-order valence-electron chi connectivity index (χ4n) is 2.46. The van der Waals surface area contributed by atoms with Crippen molar-refractivity contribution in [2.75, 3.05) is 6.61 Å². The minimum absolute atomic E-state index is 0.0190. The molecule has 0 aliphatic heterocycles. The van der Waals surface area contributed by atoms with Crippen molar-refractivity contribution < 1.29 is 19.1 Å². The summed E-state index contributed by atoms with van der Waals surface area (Å²) in [7, 11) is 0. The molecule has 166 valence electrons. The average Bonchev–Trinajstić information content (AvgIpc) is 2.72. The fourth-order valence-corrected chi connectivity index (χ4v) is 2.61. The second-order valence-electron chi connectivity index (χ2n) is 7.61. The molecule has 7 nitrogen and oxygen atoms in total. The highest BCUT2D eigenvalue weighted by molar-refractivity contribution is 7.80. The van der Waals surface area contributed by atoms with Gasteiger partial charge in [0.25, 0.3) is 11.8 Å². The van der Waals surface area contributed by atoms with Gasteiger partial charge in [-0.05, 0) is 86.9 Å². The van der Waals surface area contributed by atoms with Crippen LogP contribution in [0.5, 0.6) is 11.5 Å². The summed E-state index contributed by atoms with van der Waals surface area (Å²) < 4.78 is 11.2. The highest BCUT2D eigenvalue weighted by Crippen LogP contribution is 2.14. The van der Waals surface area contributed by atoms with Crippen LogP contribution in [0, 0.1) is 5.92 Å². The largest absolute Gasteiger partial charge is 0.494 e. The molecule has 3 N–H and O–H groups in total. The van der Waals surface area contributed by atoms with Crippen LogP contribution in [0.3, 0.4) is 0 Å². The number of carbonyl (C=O) groups is 2. The highest BCUT2D eigenvalue weighted by Gasteiger charge is 2.10. The Labute approximate surface area is 188 Å². The molecule has 0 bridgehead atoms. The summed E-state index contributed by atoms with van der Waals surface area (Å²) in [4.78, 5) is 24.5. The normalized spacial score (nSPS) is 10.5. The van der Waals surface area contributed by atoms with Crippen molar-refractivity contribution in [2.24, 2.45) is 5.92 Å². The summed E-state index contributed by atoms with van der Waals surface area (Å²) in [6.45, 7) is 8.75. The van der Waals surface area contributed by atoms with E-state index in [-0.39, 0.29) is 17.1 Å². The monoisotopic (exact) mass is 443 g/mol. The van der Waals surface area contributed by atoms with Crippen molar-refractivity contribution >= 4 is 29.1 Å². The van der Waals surface area contributed by atoms with Gasteiger partial charge in [-0.1, -0.05) is 13.8 Å². The standard InChI is InChI=1S/C23H29N3O4S/c1-15(2)13-14-29-19-9-5-18(6-10-19)22(28)25-26-23(31)24-21(27)17-7-11-20(12-8-17)30-16(3)4/h5-12,15-16H,13-14H2,1-4H3,(H,25,28)(H2,24,26,27,31). The molecular formula is C23H29N3O4S. The van der Waals surface area contributed by atoms with Crippen LogP contribution in [0.4, 0.5) is 0 Å². The van der Waals surface area contributed by atoms with E-state index in [2.05, 4.69) is 30.0 Å². The molecule has 0 saturated heterocycles. The molecule has 0 heterocycles. The predicted molar refractivity (Wildman–Crippen MR) is 124 cm³/mol. The van der Waals surface area contributed by atoms with Gasteiger partial charge in [-0.2, -0.15) is 0 Å². The lowest BCUT2D eigenvalue weighted by Crippen LogP contribution is -2.48. The van der Waals surface area contributed by atoms with Gasteiger partial charge in [0.05, 0.1) is 12.7 Å². The summed E-state index contributed by atoms with van der Waals surface area (Å²) in [5, 5.41) is 2.49. The van der Waals surface area contributed by atoms with Gasteiger partial charge < -0.3 is 9.47 Å². The molecule has 0 spiro atoms. The maximum absolute atomic E-state index is 12.3. The van der Waals surface area contributed by atoms with Crippen molar-refractivity contribution in [3.05, 3.63) is 59.7 Å². The van der Waals surface area contributed by atoms with Crippen LogP contribution in [-0.4, -0.2) is 29.6 Å². The van der Waals surface area contributed by atoms with E-state index in [1.807, 2.05) is 13.8 Å². The van der Waals surface area contributed by atoms with Crippen molar-refractivity contribution in [2.45, 2.75) is 40.2 Å². The summed E-state index contributed by atoms with van der Waals surface area (Å²) in [5.74, 6) is 1.17. The van der Waals surface area contributed by atoms with E-state index >= 15 is 0 Å². The number of amides is 2. The van der Waals surface area contributed by atoms with Crippen molar-refractivity contribution in [3.8, 4) is 11.5 Å². The molecule has 2 amide bonds. The first-order valence-corrected chi connectivity index (χ1v) is 10.6. The molecule has 8 heteroatoms. The number of benzene rings is 2. The maximum Gasteiger partial charge on any atom is 0.269 e. The third kappa shape index (κ3) is 8.64. The highest BCUT2D eigenvalue weighted by atomic mass is 32.1. The van der Waals surface area contributed by atoms with Crippen LogP contribution in [0.1, 0.15) is 54.8 Å². The van der Waals surface area contributed by atoms with Gasteiger partial charge in [0.1, 0.15) is 11.5 Å². The Bertz CT molecular complexity index is 881. The Balaban J connectivity index is 1.78. The van der Waals surface area contributed by atoms with E-state index in [9.17, 15) is 9.59 Å². The second kappa shape index (κ2) is 11.9. The summed E-state index contributed by atoms with van der Waals surface area (Å²) in [6, 6.07) is 13.5. The summed E-state index contributed by atoms with van der Waals surface area (Å²) >= 11 is 5.07. The number of carbonyl (C=O) groups excluding carboxylic acids is 2. The van der Waals surface area contributed by atoms with Gasteiger partial charge in [-0.25, -0.2) is 0 Å². The van der Waals surface area contributed by atoms with Gasteiger partial charge in [-0.3, -0.25) is 25.8 Å². The predicted octanol–water partition coefficient (Wildman–Crippen LogP) is 3.85. The average molecular weight is 444 g/mol. The molecule has 0 fully saturated rings. The Morgan fingerprint density at radius 3 is 1.94 bits per heavy atom. The Morgan fingerprint density at radius 2 is 1.39 bits per heavy atom. The summed E-state index contributed by atoms with van der Waals surface area (Å²) in [5.41, 5.74) is 5.83. The van der Waals surface area contributed by atoms with Crippen LogP contribution in [-0.2, 0) is 0 Å². The molecule has 0 aromatic heterocycles. The number of nitrogens with one attached hydrogen (secondary N) is 3. The Kier molecular flexibility index (Phi) is 9.27. The first-order chi connectivity index (χ1) is 14.7. The van der Waals surface area contributed by atoms with E-state index < -0.39 is 5.91 Å². The van der Waals surface area contributed by atoms with Gasteiger partial charge in [0, 0.05) is 11.1 Å². The van der Waals surface area contributed by atoms with Crippen molar-refractivity contribution in [3.63, 3.8) is 0 Å². The zero-order valence-electron chi connectivity index (χ0n) is 18.2. The lowest BCUT2D eigenvalue weighted by Gasteiger charge is -2.12. The molecule has 31 heavy (non-hydrogen) atoms. The molecule has 0 radical (unpaired) electrons. The van der Waals surface area contributed by atoms with Crippen LogP contribution in [0.25, 0.3) is 0 Å². The minimum atomic E-state index is -0.397. The van der Waals surface area contributed by atoms with Crippen LogP contribution in [0.15, 0.2) is 48.5 Å². The third-order valence-electron chi connectivity index (χ3n) is 4.09. The molecule has 2 aromatic carbocycles. The third-order valence-corrected chi connectivity index (χ3v) is 4.29. The molecule has 0 saturated carbocycles. The lowest BCUT2D eigenvalue weighted by molar-refractivity contribution is 0.0934. The molecule has 0 unspecified atom stereocenters. The van der Waals surface area contributed by atoms with Crippen molar-refractivity contribution in [1.82, 2.24) is 16.2 Å². The maximum atomic E-state index is 12.3. The zero-order valence-corrected chi connectivity index (χ0v) is 19.0. The van der Waals surface area contributed by atoms with Crippen LogP contribution in [0.2, 0.25) is 0 Å². The number of ether oxygens (including phenoxy) is 2. The molecule has 0 aliphatic carbocycles. The topological polar surface area (TPSA) is 88.7 Å².